The summed E-state index contributed by atoms with van der Waals surface area (Å²) >= 11 is 1.60. The van der Waals surface area contributed by atoms with E-state index in [0.29, 0.717) is 36.8 Å². The Hall–Kier alpha value is -3.92. The third-order valence-corrected chi connectivity index (χ3v) is 8.88. The Morgan fingerprint density at radius 3 is 2.76 bits per heavy atom. The molecule has 1 aliphatic carbocycles. The number of thiophene rings is 1. The minimum Gasteiger partial charge on any atom is -0.490 e. The lowest BCUT2D eigenvalue weighted by molar-refractivity contribution is 0.107. The summed E-state index contributed by atoms with van der Waals surface area (Å²) in [5, 5.41) is 19.1. The number of aryl methyl sites for hydroxylation is 2. The second-order valence-corrected chi connectivity index (χ2v) is 11.6. The molecule has 0 amide bonds. The molecule has 9 heteroatoms. The van der Waals surface area contributed by atoms with Gasteiger partial charge in [-0.25, -0.2) is 9.37 Å². The minimum atomic E-state index is -0.365. The normalized spacial score (nSPS) is 14.1. The van der Waals surface area contributed by atoms with Crippen LogP contribution in [-0.4, -0.2) is 48.1 Å². The van der Waals surface area contributed by atoms with Crippen molar-refractivity contribution in [2.24, 2.45) is 0 Å². The standard InChI is InChI=1S/C33H32FN5O2S/c34-26-6-7-27(29(18-26)41-14-13-40-12-11-36-30-17-21-2-1-3-24(21)20-37-30)32-33-28(9-15-42-33)31(38-39-32)23-4-5-25-19-35-10-8-22(25)16-23/h4-7,9,15-18,20,35H,1-3,8,10-14,19H2,(H,36,37). The minimum absolute atomic E-state index is 0.288. The van der Waals surface area contributed by atoms with Crippen LogP contribution in [-0.2, 0) is 30.5 Å². The van der Waals surface area contributed by atoms with E-state index in [-0.39, 0.29) is 12.4 Å². The van der Waals surface area contributed by atoms with Gasteiger partial charge >= 0.3 is 0 Å². The van der Waals surface area contributed by atoms with E-state index in [4.69, 9.17) is 9.47 Å². The highest BCUT2D eigenvalue weighted by atomic mass is 32.1. The van der Waals surface area contributed by atoms with Crippen molar-refractivity contribution in [3.05, 3.63) is 88.2 Å². The number of pyridine rings is 1. The lowest BCUT2D eigenvalue weighted by Crippen LogP contribution is -2.23. The maximum Gasteiger partial charge on any atom is 0.131 e. The smallest absolute Gasteiger partial charge is 0.131 e. The Bertz CT molecular complexity index is 1740. The van der Waals surface area contributed by atoms with Gasteiger partial charge < -0.3 is 20.1 Å². The molecule has 4 heterocycles. The highest BCUT2D eigenvalue weighted by Crippen LogP contribution is 2.39. The Labute approximate surface area is 248 Å². The third kappa shape index (κ3) is 5.60. The summed E-state index contributed by atoms with van der Waals surface area (Å²) in [5.41, 5.74) is 8.76. The quantitative estimate of drug-likeness (QED) is 0.190. The fourth-order valence-corrected chi connectivity index (χ4v) is 6.71. The van der Waals surface area contributed by atoms with Crippen molar-refractivity contribution in [1.29, 1.82) is 0 Å². The maximum atomic E-state index is 14.3. The molecule has 42 heavy (non-hydrogen) atoms. The van der Waals surface area contributed by atoms with Gasteiger partial charge in [0.1, 0.15) is 35.4 Å². The summed E-state index contributed by atoms with van der Waals surface area (Å²) < 4.78 is 27.1. The van der Waals surface area contributed by atoms with Gasteiger partial charge in [-0.3, -0.25) is 0 Å². The second-order valence-electron chi connectivity index (χ2n) is 10.7. The van der Waals surface area contributed by atoms with E-state index in [1.54, 1.807) is 17.4 Å². The molecule has 2 aromatic carbocycles. The van der Waals surface area contributed by atoms with Gasteiger partial charge in [0.15, 0.2) is 0 Å². The average molecular weight is 582 g/mol. The van der Waals surface area contributed by atoms with E-state index in [9.17, 15) is 4.39 Å². The molecular weight excluding hydrogens is 549 g/mol. The number of nitrogens with one attached hydrogen (secondary N) is 2. The lowest BCUT2D eigenvalue weighted by atomic mass is 9.96. The van der Waals surface area contributed by atoms with Crippen LogP contribution >= 0.6 is 11.3 Å². The maximum absolute atomic E-state index is 14.3. The number of aromatic nitrogens is 3. The topological polar surface area (TPSA) is 81.2 Å². The summed E-state index contributed by atoms with van der Waals surface area (Å²) in [7, 11) is 0. The van der Waals surface area contributed by atoms with Crippen molar-refractivity contribution in [3.63, 3.8) is 0 Å². The molecule has 3 aromatic heterocycles. The number of hydrogen-bond acceptors (Lipinski definition) is 8. The fraction of sp³-hybridized carbons (Fsp3) is 0.303. The van der Waals surface area contributed by atoms with Gasteiger partial charge in [0, 0.05) is 41.9 Å². The number of ether oxygens (including phenoxy) is 2. The Balaban J connectivity index is 1.02. The molecule has 5 aromatic rings. The summed E-state index contributed by atoms with van der Waals surface area (Å²) in [6.07, 6.45) is 6.44. The number of hydrogen-bond donors (Lipinski definition) is 2. The van der Waals surface area contributed by atoms with Gasteiger partial charge in [0.2, 0.25) is 0 Å². The molecule has 7 rings (SSSR count). The average Bonchev–Trinajstić information content (AvgIpc) is 3.70. The molecule has 1 aliphatic heterocycles. The van der Waals surface area contributed by atoms with E-state index >= 15 is 0 Å². The van der Waals surface area contributed by atoms with Crippen LogP contribution in [0.1, 0.15) is 28.7 Å². The van der Waals surface area contributed by atoms with Gasteiger partial charge in [0.25, 0.3) is 0 Å². The first-order valence-electron chi connectivity index (χ1n) is 14.5. The molecule has 2 N–H and O–H groups in total. The summed E-state index contributed by atoms with van der Waals surface area (Å²) in [6.45, 7) is 3.71. The molecular formula is C33H32FN5O2S. The molecule has 214 valence electrons. The fourth-order valence-electron chi connectivity index (χ4n) is 5.82. The van der Waals surface area contributed by atoms with E-state index in [2.05, 4.69) is 56.1 Å². The molecule has 0 atom stereocenters. The Morgan fingerprint density at radius 1 is 0.881 bits per heavy atom. The van der Waals surface area contributed by atoms with Gasteiger partial charge in [-0.05, 0) is 90.2 Å². The molecule has 2 aliphatic rings. The van der Waals surface area contributed by atoms with E-state index in [1.165, 1.54) is 40.8 Å². The molecule has 0 bridgehead atoms. The molecule has 0 unspecified atom stereocenters. The van der Waals surface area contributed by atoms with Crippen molar-refractivity contribution >= 4 is 27.2 Å². The number of halogens is 1. The van der Waals surface area contributed by atoms with E-state index in [0.717, 1.165) is 59.5 Å². The second kappa shape index (κ2) is 12.1. The first-order chi connectivity index (χ1) is 20.7. The number of anilines is 1. The SMILES string of the molecule is Fc1ccc(-c2nnc(-c3ccc4c(c3)CCNC4)c3ccsc23)c(OCCOCCNc2cc3c(cn2)CCC3)c1. The monoisotopic (exact) mass is 581 g/mol. The summed E-state index contributed by atoms with van der Waals surface area (Å²) in [5.74, 6) is 0.948. The van der Waals surface area contributed by atoms with Crippen molar-refractivity contribution in [2.75, 3.05) is 38.2 Å². The largest absolute Gasteiger partial charge is 0.490 e. The van der Waals surface area contributed by atoms with Crippen molar-refractivity contribution in [2.45, 2.75) is 32.2 Å². The molecule has 7 nitrogen and oxygen atoms in total. The van der Waals surface area contributed by atoms with Gasteiger partial charge in [-0.1, -0.05) is 12.1 Å². The van der Waals surface area contributed by atoms with Crippen molar-refractivity contribution in [1.82, 2.24) is 20.5 Å². The van der Waals surface area contributed by atoms with Gasteiger partial charge in [-0.2, -0.15) is 0 Å². The van der Waals surface area contributed by atoms with E-state index < -0.39 is 0 Å². The zero-order valence-electron chi connectivity index (χ0n) is 23.3. The van der Waals surface area contributed by atoms with E-state index in [1.807, 2.05) is 11.6 Å². The van der Waals surface area contributed by atoms with Crippen molar-refractivity contribution < 1.29 is 13.9 Å². The zero-order chi connectivity index (χ0) is 28.3. The number of nitrogens with zero attached hydrogens (tertiary/aromatic N) is 3. The number of rotatable bonds is 10. The molecule has 0 fully saturated rings. The third-order valence-electron chi connectivity index (χ3n) is 7.96. The molecule has 0 radical (unpaired) electrons. The highest BCUT2D eigenvalue weighted by Gasteiger charge is 2.19. The molecule has 0 spiro atoms. The first-order valence-corrected chi connectivity index (χ1v) is 15.4. The van der Waals surface area contributed by atoms with Crippen LogP contribution in [0.2, 0.25) is 0 Å². The molecule has 0 saturated heterocycles. The van der Waals surface area contributed by atoms with Gasteiger partial charge in [0.05, 0.1) is 17.9 Å². The van der Waals surface area contributed by atoms with Crippen LogP contribution in [0.4, 0.5) is 10.2 Å². The Kier molecular flexibility index (Phi) is 7.78. The summed E-state index contributed by atoms with van der Waals surface area (Å²) in [6, 6.07) is 15.3. The highest BCUT2D eigenvalue weighted by molar-refractivity contribution is 7.17. The van der Waals surface area contributed by atoms with Crippen molar-refractivity contribution in [3.8, 4) is 28.3 Å². The predicted molar refractivity (Wildman–Crippen MR) is 165 cm³/mol. The molecule has 0 saturated carbocycles. The van der Waals surface area contributed by atoms with Crippen LogP contribution in [0, 0.1) is 5.82 Å². The first kappa shape index (κ1) is 26.9. The lowest BCUT2D eigenvalue weighted by Gasteiger charge is -2.18. The van der Waals surface area contributed by atoms with Crippen LogP contribution in [0.3, 0.4) is 0 Å². The Morgan fingerprint density at radius 2 is 1.79 bits per heavy atom. The predicted octanol–water partition coefficient (Wildman–Crippen LogP) is 6.20. The summed E-state index contributed by atoms with van der Waals surface area (Å²) in [4.78, 5) is 4.49. The van der Waals surface area contributed by atoms with Crippen LogP contribution < -0.4 is 15.4 Å². The van der Waals surface area contributed by atoms with Crippen LogP contribution in [0.5, 0.6) is 5.75 Å². The number of fused-ring (bicyclic) bond motifs is 3. The number of benzene rings is 2. The zero-order valence-corrected chi connectivity index (χ0v) is 24.1. The van der Waals surface area contributed by atoms with Gasteiger partial charge in [-0.15, -0.1) is 21.5 Å². The van der Waals surface area contributed by atoms with Crippen LogP contribution in [0.25, 0.3) is 32.6 Å². The van der Waals surface area contributed by atoms with Crippen LogP contribution in [0.15, 0.2) is 60.1 Å².